The molecule has 0 aliphatic rings. The molecule has 0 aliphatic heterocycles. The number of carbonyl (C=O) groups is 2. The second kappa shape index (κ2) is 10.3. The highest BCUT2D eigenvalue weighted by atomic mass is 16.5. The highest BCUT2D eigenvalue weighted by Gasteiger charge is 2.06. The van der Waals surface area contributed by atoms with Crippen molar-refractivity contribution in [3.05, 3.63) is 71.9 Å². The number of aromatic amines is 1. The minimum absolute atomic E-state index is 0.181. The van der Waals surface area contributed by atoms with Crippen LogP contribution < -0.4 is 9.47 Å². The van der Waals surface area contributed by atoms with E-state index < -0.39 is 0 Å². The molecule has 0 spiro atoms. The predicted octanol–water partition coefficient (Wildman–Crippen LogP) is 5.22. The summed E-state index contributed by atoms with van der Waals surface area (Å²) in [6.45, 7) is 2.67. The number of aromatic nitrogens is 1. The third kappa shape index (κ3) is 5.70. The Balaban J connectivity index is 1.58. The Morgan fingerprint density at radius 2 is 1.80 bits per heavy atom. The summed E-state index contributed by atoms with van der Waals surface area (Å²) in [6, 6.07) is 13.3. The highest BCUT2D eigenvalue weighted by Crippen LogP contribution is 2.26. The molecule has 1 N–H and O–H groups in total. The average Bonchev–Trinajstić information content (AvgIpc) is 3.23. The molecule has 0 radical (unpaired) electrons. The topological polar surface area (TPSA) is 68.4 Å². The lowest BCUT2D eigenvalue weighted by Crippen LogP contribution is -2.02. The van der Waals surface area contributed by atoms with Crippen LogP contribution in [0, 0.1) is 0 Å². The smallest absolute Gasteiger partial charge is 0.163 e. The molecular weight excluding hydrogens is 378 g/mol. The molecular formula is C25H25NO4. The summed E-state index contributed by atoms with van der Waals surface area (Å²) in [6.07, 6.45) is 8.84. The zero-order valence-electron chi connectivity index (χ0n) is 17.2. The number of rotatable bonds is 10. The van der Waals surface area contributed by atoms with Crippen molar-refractivity contribution in [2.45, 2.75) is 19.8 Å². The summed E-state index contributed by atoms with van der Waals surface area (Å²) in [5, 5.41) is 1.07. The molecule has 1 aromatic heterocycles. The van der Waals surface area contributed by atoms with Gasteiger partial charge in [0, 0.05) is 23.3 Å². The summed E-state index contributed by atoms with van der Waals surface area (Å²) in [5.41, 5.74) is 2.70. The maximum absolute atomic E-state index is 12.2. The van der Waals surface area contributed by atoms with Crippen LogP contribution >= 0.6 is 0 Å². The van der Waals surface area contributed by atoms with E-state index in [0.717, 1.165) is 34.2 Å². The molecule has 30 heavy (non-hydrogen) atoms. The molecule has 0 fully saturated rings. The highest BCUT2D eigenvalue weighted by molar-refractivity contribution is 6.11. The van der Waals surface area contributed by atoms with Crippen LogP contribution in [0.4, 0.5) is 0 Å². The zero-order valence-corrected chi connectivity index (χ0v) is 17.2. The van der Waals surface area contributed by atoms with E-state index in [9.17, 15) is 9.59 Å². The van der Waals surface area contributed by atoms with E-state index in [2.05, 4.69) is 4.98 Å². The molecule has 5 heteroatoms. The number of hydrogen-bond acceptors (Lipinski definition) is 4. The van der Waals surface area contributed by atoms with Crippen LogP contribution in [-0.2, 0) is 9.59 Å². The second-order valence-corrected chi connectivity index (χ2v) is 6.85. The maximum Gasteiger partial charge on any atom is 0.163 e. The van der Waals surface area contributed by atoms with Gasteiger partial charge >= 0.3 is 0 Å². The first kappa shape index (κ1) is 21.1. The summed E-state index contributed by atoms with van der Waals surface area (Å²) in [5.74, 6) is 0.822. The fourth-order valence-electron chi connectivity index (χ4n) is 2.98. The lowest BCUT2D eigenvalue weighted by atomic mass is 10.1. The summed E-state index contributed by atoms with van der Waals surface area (Å²) >= 11 is 0. The van der Waals surface area contributed by atoms with Gasteiger partial charge in [-0.2, -0.15) is 0 Å². The van der Waals surface area contributed by atoms with E-state index in [1.807, 2.05) is 49.5 Å². The Morgan fingerprint density at radius 3 is 2.57 bits per heavy atom. The third-order valence-electron chi connectivity index (χ3n) is 4.51. The third-order valence-corrected chi connectivity index (χ3v) is 4.51. The average molecular weight is 403 g/mol. The fraction of sp³-hybridized carbons (Fsp3) is 0.200. The van der Waals surface area contributed by atoms with E-state index >= 15 is 0 Å². The molecule has 5 nitrogen and oxygen atoms in total. The minimum atomic E-state index is -0.265. The Hall–Kier alpha value is -3.60. The predicted molar refractivity (Wildman–Crippen MR) is 120 cm³/mol. The van der Waals surface area contributed by atoms with E-state index in [4.69, 9.17) is 9.47 Å². The summed E-state index contributed by atoms with van der Waals surface area (Å²) in [4.78, 5) is 27.4. The number of methoxy groups -OCH3 is 1. The lowest BCUT2D eigenvalue weighted by molar-refractivity contribution is -0.121. The first-order chi connectivity index (χ1) is 14.6. The van der Waals surface area contributed by atoms with Gasteiger partial charge in [-0.05, 0) is 65.9 Å². The molecule has 0 amide bonds. The van der Waals surface area contributed by atoms with Crippen molar-refractivity contribution in [1.29, 1.82) is 0 Å². The molecule has 0 bridgehead atoms. The Morgan fingerprint density at radius 1 is 1.00 bits per heavy atom. The van der Waals surface area contributed by atoms with Crippen molar-refractivity contribution >= 4 is 34.6 Å². The minimum Gasteiger partial charge on any atom is -0.496 e. The number of allylic oxidation sites excluding steroid dienone is 2. The van der Waals surface area contributed by atoms with Crippen molar-refractivity contribution in [3.63, 3.8) is 0 Å². The van der Waals surface area contributed by atoms with Gasteiger partial charge in [0.15, 0.2) is 11.6 Å². The van der Waals surface area contributed by atoms with Crippen LogP contribution in [0.2, 0.25) is 0 Å². The van der Waals surface area contributed by atoms with Gasteiger partial charge in [0.25, 0.3) is 0 Å². The van der Waals surface area contributed by atoms with Gasteiger partial charge in [-0.15, -0.1) is 0 Å². The number of benzene rings is 2. The van der Waals surface area contributed by atoms with Gasteiger partial charge in [0.2, 0.25) is 0 Å². The van der Waals surface area contributed by atoms with Crippen molar-refractivity contribution in [2.24, 2.45) is 0 Å². The van der Waals surface area contributed by atoms with E-state index in [-0.39, 0.29) is 18.0 Å². The van der Waals surface area contributed by atoms with Gasteiger partial charge in [0.1, 0.15) is 11.5 Å². The standard InChI is InChI=1S/C25H25NO4/c1-3-14-30-23-10-7-19(25(17-23)29-2)6-9-22(28)16-21(27)8-4-18-5-11-24-20(15-18)12-13-26-24/h4-13,15,17,26H,3,14,16H2,1-2H3/b8-4+,9-6+. The van der Waals surface area contributed by atoms with E-state index in [1.54, 1.807) is 25.3 Å². The van der Waals surface area contributed by atoms with Crippen LogP contribution in [0.3, 0.4) is 0 Å². The van der Waals surface area contributed by atoms with Crippen LogP contribution in [-0.4, -0.2) is 30.3 Å². The number of fused-ring (bicyclic) bond motifs is 1. The molecule has 0 saturated heterocycles. The molecule has 0 unspecified atom stereocenters. The second-order valence-electron chi connectivity index (χ2n) is 6.85. The van der Waals surface area contributed by atoms with Crippen LogP contribution in [0.15, 0.2) is 60.8 Å². The molecule has 0 saturated carbocycles. The molecule has 154 valence electrons. The van der Waals surface area contributed by atoms with Gasteiger partial charge in [0.05, 0.1) is 20.1 Å². The van der Waals surface area contributed by atoms with E-state index in [1.165, 1.54) is 12.2 Å². The Labute approximate surface area is 176 Å². The first-order valence-electron chi connectivity index (χ1n) is 9.89. The fourth-order valence-corrected chi connectivity index (χ4v) is 2.98. The zero-order chi connectivity index (χ0) is 21.3. The largest absolute Gasteiger partial charge is 0.496 e. The normalized spacial score (nSPS) is 11.4. The lowest BCUT2D eigenvalue weighted by Gasteiger charge is -2.09. The number of ether oxygens (including phenoxy) is 2. The SMILES string of the molecule is CCCOc1ccc(/C=C/C(=O)CC(=O)/C=C/c2ccc3[nH]ccc3c2)c(OC)c1. The number of carbonyl (C=O) groups excluding carboxylic acids is 2. The van der Waals surface area contributed by atoms with Crippen LogP contribution in [0.5, 0.6) is 11.5 Å². The monoisotopic (exact) mass is 403 g/mol. The van der Waals surface area contributed by atoms with Gasteiger partial charge < -0.3 is 14.5 Å². The van der Waals surface area contributed by atoms with Crippen molar-refractivity contribution < 1.29 is 19.1 Å². The van der Waals surface area contributed by atoms with Gasteiger partial charge in [-0.1, -0.05) is 19.1 Å². The first-order valence-corrected chi connectivity index (χ1v) is 9.89. The summed E-state index contributed by atoms with van der Waals surface area (Å²) < 4.78 is 11.0. The number of H-pyrrole nitrogens is 1. The molecule has 0 atom stereocenters. The van der Waals surface area contributed by atoms with Crippen molar-refractivity contribution in [3.8, 4) is 11.5 Å². The quantitative estimate of drug-likeness (QED) is 0.372. The summed E-state index contributed by atoms with van der Waals surface area (Å²) in [7, 11) is 1.57. The number of hydrogen-bond donors (Lipinski definition) is 1. The Bertz CT molecular complexity index is 1090. The molecule has 0 aliphatic carbocycles. The van der Waals surface area contributed by atoms with Crippen molar-refractivity contribution in [1.82, 2.24) is 4.98 Å². The number of nitrogens with one attached hydrogen (secondary N) is 1. The van der Waals surface area contributed by atoms with Crippen molar-refractivity contribution in [2.75, 3.05) is 13.7 Å². The van der Waals surface area contributed by atoms with Crippen LogP contribution in [0.1, 0.15) is 30.9 Å². The van der Waals surface area contributed by atoms with E-state index in [0.29, 0.717) is 12.4 Å². The van der Waals surface area contributed by atoms with Gasteiger partial charge in [-0.3, -0.25) is 9.59 Å². The maximum atomic E-state index is 12.2. The number of ketones is 2. The molecule has 2 aromatic carbocycles. The molecule has 3 aromatic rings. The molecule has 3 rings (SSSR count). The van der Waals surface area contributed by atoms with Crippen LogP contribution in [0.25, 0.3) is 23.1 Å². The Kier molecular flexibility index (Phi) is 7.22. The molecule has 1 heterocycles. The van der Waals surface area contributed by atoms with Gasteiger partial charge in [-0.25, -0.2) is 0 Å².